The predicted molar refractivity (Wildman–Crippen MR) is 53.7 cm³/mol. The molecule has 0 fully saturated rings. The third kappa shape index (κ3) is 2.50. The van der Waals surface area contributed by atoms with Crippen molar-refractivity contribution in [2.45, 2.75) is 13.3 Å². The highest BCUT2D eigenvalue weighted by Crippen LogP contribution is 2.33. The van der Waals surface area contributed by atoms with Crippen molar-refractivity contribution in [1.29, 1.82) is 5.26 Å². The zero-order valence-electron chi connectivity index (χ0n) is 8.91. The molecule has 0 aliphatic rings. The number of halogens is 2. The maximum absolute atomic E-state index is 12.7. The van der Waals surface area contributed by atoms with Crippen molar-refractivity contribution in [2.24, 2.45) is 0 Å². The topological polar surface area (TPSA) is 70.3 Å². The van der Waals surface area contributed by atoms with Gasteiger partial charge in [-0.1, -0.05) is 0 Å². The number of nitrogens with zero attached hydrogens (tertiary/aromatic N) is 1. The van der Waals surface area contributed by atoms with E-state index in [1.807, 2.05) is 0 Å². The molecule has 1 aromatic rings. The summed E-state index contributed by atoms with van der Waals surface area (Å²) in [6, 6.07) is 3.65. The number of ether oxygens (including phenoxy) is 1. The Morgan fingerprint density at radius 3 is 2.71 bits per heavy atom. The third-order valence-corrected chi connectivity index (χ3v) is 2.04. The molecular formula is C11H9F2NO3. The lowest BCUT2D eigenvalue weighted by Gasteiger charge is -2.11. The van der Waals surface area contributed by atoms with E-state index in [1.165, 1.54) is 6.92 Å². The van der Waals surface area contributed by atoms with Gasteiger partial charge >= 0.3 is 5.97 Å². The number of nitriles is 1. The van der Waals surface area contributed by atoms with Crippen LogP contribution in [0, 0.1) is 11.3 Å². The largest absolute Gasteiger partial charge is 0.507 e. The Balaban J connectivity index is 3.47. The maximum atomic E-state index is 12.7. The van der Waals surface area contributed by atoms with Crippen molar-refractivity contribution in [3.8, 4) is 11.8 Å². The number of benzene rings is 1. The normalized spacial score (nSPS) is 10.1. The van der Waals surface area contributed by atoms with E-state index in [1.54, 1.807) is 6.07 Å². The van der Waals surface area contributed by atoms with Gasteiger partial charge in [-0.3, -0.25) is 0 Å². The zero-order chi connectivity index (χ0) is 13.0. The number of alkyl halides is 2. The van der Waals surface area contributed by atoms with E-state index in [4.69, 9.17) is 5.26 Å². The zero-order valence-corrected chi connectivity index (χ0v) is 8.91. The standard InChI is InChI=1S/C11H9F2NO3/c1-2-17-11(16)8-6(5-14)3-4-7(15)9(8)10(12)13/h3-4,10,15H,2H2,1H3. The minimum Gasteiger partial charge on any atom is -0.507 e. The molecule has 0 aromatic heterocycles. The second kappa shape index (κ2) is 5.25. The van der Waals surface area contributed by atoms with Crippen LogP contribution in [0.2, 0.25) is 0 Å². The fourth-order valence-corrected chi connectivity index (χ4v) is 1.35. The van der Waals surface area contributed by atoms with Crippen LogP contribution in [0.1, 0.15) is 34.8 Å². The Hall–Kier alpha value is -2.16. The van der Waals surface area contributed by atoms with Crippen molar-refractivity contribution in [3.63, 3.8) is 0 Å². The molecule has 0 bridgehead atoms. The first-order chi connectivity index (χ1) is 8.02. The molecule has 1 N–H and O–H groups in total. The number of hydrogen-bond acceptors (Lipinski definition) is 4. The molecular weight excluding hydrogens is 232 g/mol. The minimum atomic E-state index is -3.07. The fourth-order valence-electron chi connectivity index (χ4n) is 1.35. The number of rotatable bonds is 3. The van der Waals surface area contributed by atoms with Crippen LogP contribution in [0.3, 0.4) is 0 Å². The van der Waals surface area contributed by atoms with Crippen molar-refractivity contribution in [2.75, 3.05) is 6.61 Å². The molecule has 6 heteroatoms. The van der Waals surface area contributed by atoms with Crippen LogP contribution in [0.15, 0.2) is 12.1 Å². The highest BCUT2D eigenvalue weighted by molar-refractivity contribution is 5.94. The van der Waals surface area contributed by atoms with Gasteiger partial charge in [-0.25, -0.2) is 13.6 Å². The Labute approximate surface area is 96.0 Å². The minimum absolute atomic E-state index is 0.0119. The third-order valence-electron chi connectivity index (χ3n) is 2.04. The average molecular weight is 241 g/mol. The monoisotopic (exact) mass is 241 g/mol. The van der Waals surface area contributed by atoms with E-state index in [-0.39, 0.29) is 12.2 Å². The summed E-state index contributed by atoms with van der Waals surface area (Å²) in [6.07, 6.45) is -3.07. The molecule has 0 unspecified atom stereocenters. The fraction of sp³-hybridized carbons (Fsp3) is 0.273. The summed E-state index contributed by atoms with van der Waals surface area (Å²) in [4.78, 5) is 11.5. The number of aromatic hydroxyl groups is 1. The molecule has 0 radical (unpaired) electrons. The first-order valence-corrected chi connectivity index (χ1v) is 4.74. The molecule has 0 aliphatic heterocycles. The van der Waals surface area contributed by atoms with E-state index >= 15 is 0 Å². The van der Waals surface area contributed by atoms with E-state index < -0.39 is 29.3 Å². The highest BCUT2D eigenvalue weighted by atomic mass is 19.3. The maximum Gasteiger partial charge on any atom is 0.340 e. The molecule has 90 valence electrons. The van der Waals surface area contributed by atoms with E-state index in [9.17, 15) is 18.7 Å². The SMILES string of the molecule is CCOC(=O)c1c(C#N)ccc(O)c1C(F)F. The van der Waals surface area contributed by atoms with Gasteiger partial charge in [0, 0.05) is 0 Å². The van der Waals surface area contributed by atoms with Crippen LogP contribution < -0.4 is 0 Å². The van der Waals surface area contributed by atoms with Gasteiger partial charge in [-0.2, -0.15) is 5.26 Å². The number of phenolic OH excluding ortho intramolecular Hbond substituents is 1. The summed E-state index contributed by atoms with van der Waals surface area (Å²) >= 11 is 0. The second-order valence-corrected chi connectivity index (χ2v) is 3.05. The Morgan fingerprint density at radius 1 is 1.59 bits per heavy atom. The molecule has 0 spiro atoms. The molecule has 0 atom stereocenters. The van der Waals surface area contributed by atoms with Crippen molar-refractivity contribution >= 4 is 5.97 Å². The van der Waals surface area contributed by atoms with Crippen LogP contribution in [0.5, 0.6) is 5.75 Å². The second-order valence-electron chi connectivity index (χ2n) is 3.05. The van der Waals surface area contributed by atoms with E-state index in [0.29, 0.717) is 0 Å². The highest BCUT2D eigenvalue weighted by Gasteiger charge is 2.26. The predicted octanol–water partition coefficient (Wildman–Crippen LogP) is 2.38. The summed E-state index contributed by atoms with van der Waals surface area (Å²) in [7, 11) is 0. The van der Waals surface area contributed by atoms with Crippen LogP contribution >= 0.6 is 0 Å². The molecule has 4 nitrogen and oxygen atoms in total. The molecule has 0 saturated heterocycles. The van der Waals surface area contributed by atoms with Gasteiger partial charge in [0.05, 0.1) is 23.3 Å². The molecule has 1 aromatic carbocycles. The Morgan fingerprint density at radius 2 is 2.24 bits per heavy atom. The molecule has 0 amide bonds. The Bertz CT molecular complexity index is 480. The van der Waals surface area contributed by atoms with Gasteiger partial charge in [-0.05, 0) is 19.1 Å². The van der Waals surface area contributed by atoms with Crippen LogP contribution in [0.25, 0.3) is 0 Å². The average Bonchev–Trinajstić information content (AvgIpc) is 2.28. The molecule has 0 aliphatic carbocycles. The quantitative estimate of drug-likeness (QED) is 0.825. The lowest BCUT2D eigenvalue weighted by Crippen LogP contribution is -2.11. The van der Waals surface area contributed by atoms with Crippen LogP contribution in [0.4, 0.5) is 8.78 Å². The summed E-state index contributed by atoms with van der Waals surface area (Å²) in [5, 5.41) is 18.1. The first kappa shape index (κ1) is 12.9. The summed E-state index contributed by atoms with van der Waals surface area (Å²) in [6.45, 7) is 1.50. The van der Waals surface area contributed by atoms with Gasteiger partial charge in [0.15, 0.2) is 0 Å². The molecule has 1 rings (SSSR count). The summed E-state index contributed by atoms with van der Waals surface area (Å²) in [5.74, 6) is -1.78. The van der Waals surface area contributed by atoms with Gasteiger partial charge in [-0.15, -0.1) is 0 Å². The summed E-state index contributed by atoms with van der Waals surface area (Å²) in [5.41, 5.74) is -1.71. The van der Waals surface area contributed by atoms with Gasteiger partial charge < -0.3 is 9.84 Å². The van der Waals surface area contributed by atoms with Crippen LogP contribution in [-0.2, 0) is 4.74 Å². The van der Waals surface area contributed by atoms with Crippen LogP contribution in [-0.4, -0.2) is 17.7 Å². The van der Waals surface area contributed by atoms with Crippen molar-refractivity contribution < 1.29 is 23.4 Å². The lowest BCUT2D eigenvalue weighted by atomic mass is 10.0. The van der Waals surface area contributed by atoms with Gasteiger partial charge in [0.25, 0.3) is 6.43 Å². The smallest absolute Gasteiger partial charge is 0.340 e. The molecule has 0 heterocycles. The van der Waals surface area contributed by atoms with Gasteiger partial charge in [0.1, 0.15) is 11.8 Å². The number of phenols is 1. The number of esters is 1. The number of carbonyl (C=O) groups excluding carboxylic acids is 1. The lowest BCUT2D eigenvalue weighted by molar-refractivity contribution is 0.0513. The van der Waals surface area contributed by atoms with Crippen molar-refractivity contribution in [3.05, 3.63) is 28.8 Å². The molecule has 0 saturated carbocycles. The number of carbonyl (C=O) groups is 1. The first-order valence-electron chi connectivity index (χ1n) is 4.74. The summed E-state index contributed by atoms with van der Waals surface area (Å²) < 4.78 is 30.0. The molecule has 17 heavy (non-hydrogen) atoms. The van der Waals surface area contributed by atoms with E-state index in [2.05, 4.69) is 4.74 Å². The Kier molecular flexibility index (Phi) is 3.99. The van der Waals surface area contributed by atoms with Crippen molar-refractivity contribution in [1.82, 2.24) is 0 Å². The van der Waals surface area contributed by atoms with Gasteiger partial charge in [0.2, 0.25) is 0 Å². The number of hydrogen-bond donors (Lipinski definition) is 1. The van der Waals surface area contributed by atoms with E-state index in [0.717, 1.165) is 12.1 Å².